The summed E-state index contributed by atoms with van der Waals surface area (Å²) in [6.07, 6.45) is 1.11. The molecule has 54 valence electrons. The molecule has 0 aliphatic carbocycles. The quantitative estimate of drug-likeness (QED) is 0.575. The lowest BCUT2D eigenvalue weighted by Crippen LogP contribution is -2.06. The van der Waals surface area contributed by atoms with Gasteiger partial charge in [-0.05, 0) is 6.42 Å². The topological polar surface area (TPSA) is 18.5 Å². The maximum absolute atomic E-state index is 11.5. The summed E-state index contributed by atoms with van der Waals surface area (Å²) >= 11 is 0. The van der Waals surface area contributed by atoms with E-state index in [0.717, 1.165) is 0 Å². The molecule has 0 atom stereocenters. The summed E-state index contributed by atoms with van der Waals surface area (Å²) in [5, 5.41) is 0. The molecule has 0 N–H and O–H groups in total. The van der Waals surface area contributed by atoms with Gasteiger partial charge < -0.3 is 9.47 Å². The van der Waals surface area contributed by atoms with Crippen LogP contribution in [0, 0.1) is 0 Å². The molecule has 0 aromatic heterocycles. The van der Waals surface area contributed by atoms with Gasteiger partial charge in [0.2, 0.25) is 0 Å². The molecule has 0 amide bonds. The molecule has 1 aliphatic rings. The van der Waals surface area contributed by atoms with Crippen LogP contribution in [0.2, 0.25) is 0 Å². The standard InChI is InChI=1S/C6H11FO2/c7-3-1-2-6-8-4-5-9-6/h6H,1-5H2. The average molecular weight is 134 g/mol. The molecule has 0 bridgehead atoms. The number of alkyl halides is 1. The maximum Gasteiger partial charge on any atom is 0.157 e. The molecule has 0 aromatic rings. The molecule has 0 radical (unpaired) electrons. The third kappa shape index (κ3) is 2.28. The smallest absolute Gasteiger partial charge is 0.157 e. The van der Waals surface area contributed by atoms with Crippen molar-refractivity contribution in [2.24, 2.45) is 0 Å². The van der Waals surface area contributed by atoms with Crippen LogP contribution in [-0.2, 0) is 9.47 Å². The molecule has 1 saturated heterocycles. The minimum absolute atomic E-state index is 0.124. The summed E-state index contributed by atoms with van der Waals surface area (Å²) in [7, 11) is 0. The van der Waals surface area contributed by atoms with Gasteiger partial charge in [0, 0.05) is 6.42 Å². The maximum atomic E-state index is 11.5. The number of ether oxygens (including phenoxy) is 2. The van der Waals surface area contributed by atoms with Crippen molar-refractivity contribution in [2.45, 2.75) is 19.1 Å². The summed E-state index contributed by atoms with van der Waals surface area (Å²) in [6, 6.07) is 0. The number of hydrogen-bond donors (Lipinski definition) is 0. The Morgan fingerprint density at radius 1 is 1.33 bits per heavy atom. The highest BCUT2D eigenvalue weighted by Gasteiger charge is 2.14. The fourth-order valence-electron chi connectivity index (χ4n) is 0.818. The Morgan fingerprint density at radius 3 is 2.56 bits per heavy atom. The summed E-state index contributed by atoms with van der Waals surface area (Å²) in [5.41, 5.74) is 0. The lowest BCUT2D eigenvalue weighted by molar-refractivity contribution is -0.0484. The molecule has 1 aliphatic heterocycles. The Hall–Kier alpha value is -0.150. The predicted octanol–water partition coefficient (Wildman–Crippen LogP) is 1.11. The molecule has 1 rings (SSSR count). The Kier molecular flexibility index (Phi) is 2.94. The first-order chi connectivity index (χ1) is 4.43. The van der Waals surface area contributed by atoms with Gasteiger partial charge in [0.25, 0.3) is 0 Å². The van der Waals surface area contributed by atoms with Gasteiger partial charge in [-0.15, -0.1) is 0 Å². The predicted molar refractivity (Wildman–Crippen MR) is 30.9 cm³/mol. The summed E-state index contributed by atoms with van der Waals surface area (Å²) in [6.45, 7) is 1.05. The van der Waals surface area contributed by atoms with Crippen molar-refractivity contribution in [3.63, 3.8) is 0 Å². The molecule has 0 aromatic carbocycles. The van der Waals surface area contributed by atoms with E-state index in [0.29, 0.717) is 26.1 Å². The first-order valence-electron chi connectivity index (χ1n) is 3.22. The van der Waals surface area contributed by atoms with Crippen LogP contribution in [0.3, 0.4) is 0 Å². The second-order valence-electron chi connectivity index (χ2n) is 2.00. The number of hydrogen-bond acceptors (Lipinski definition) is 2. The lowest BCUT2D eigenvalue weighted by Gasteiger charge is -2.05. The van der Waals surface area contributed by atoms with Gasteiger partial charge in [0.1, 0.15) is 0 Å². The van der Waals surface area contributed by atoms with Gasteiger partial charge in [0.05, 0.1) is 19.9 Å². The second-order valence-corrected chi connectivity index (χ2v) is 2.00. The zero-order valence-corrected chi connectivity index (χ0v) is 5.31. The van der Waals surface area contributed by atoms with Gasteiger partial charge >= 0.3 is 0 Å². The van der Waals surface area contributed by atoms with Crippen molar-refractivity contribution in [1.82, 2.24) is 0 Å². The second kappa shape index (κ2) is 3.80. The lowest BCUT2D eigenvalue weighted by atomic mass is 10.3. The zero-order valence-electron chi connectivity index (χ0n) is 5.31. The monoisotopic (exact) mass is 134 g/mol. The van der Waals surface area contributed by atoms with Gasteiger partial charge in [-0.25, -0.2) is 0 Å². The van der Waals surface area contributed by atoms with E-state index in [-0.39, 0.29) is 13.0 Å². The van der Waals surface area contributed by atoms with Crippen molar-refractivity contribution < 1.29 is 13.9 Å². The normalized spacial score (nSPS) is 21.0. The van der Waals surface area contributed by atoms with E-state index in [4.69, 9.17) is 9.47 Å². The van der Waals surface area contributed by atoms with E-state index < -0.39 is 0 Å². The highest BCUT2D eigenvalue weighted by Crippen LogP contribution is 2.09. The zero-order chi connectivity index (χ0) is 6.53. The van der Waals surface area contributed by atoms with E-state index >= 15 is 0 Å². The van der Waals surface area contributed by atoms with Crippen LogP contribution in [-0.4, -0.2) is 26.2 Å². The van der Waals surface area contributed by atoms with Crippen LogP contribution in [0.4, 0.5) is 4.39 Å². The first-order valence-corrected chi connectivity index (χ1v) is 3.22. The summed E-state index contributed by atoms with van der Waals surface area (Å²) in [4.78, 5) is 0. The third-order valence-electron chi connectivity index (χ3n) is 1.26. The Morgan fingerprint density at radius 2 is 2.00 bits per heavy atom. The SMILES string of the molecule is FCCCC1OCCO1. The largest absolute Gasteiger partial charge is 0.350 e. The molecule has 3 heteroatoms. The molecule has 0 saturated carbocycles. The molecule has 1 fully saturated rings. The van der Waals surface area contributed by atoms with Crippen molar-refractivity contribution in [2.75, 3.05) is 19.9 Å². The van der Waals surface area contributed by atoms with Gasteiger partial charge in [-0.1, -0.05) is 0 Å². The van der Waals surface area contributed by atoms with Crippen molar-refractivity contribution in [3.05, 3.63) is 0 Å². The van der Waals surface area contributed by atoms with Crippen LogP contribution >= 0.6 is 0 Å². The highest BCUT2D eigenvalue weighted by atomic mass is 19.1. The summed E-state index contributed by atoms with van der Waals surface area (Å²) < 4.78 is 21.7. The van der Waals surface area contributed by atoms with Crippen LogP contribution in [0.1, 0.15) is 12.8 Å². The first kappa shape index (κ1) is 6.96. The Labute approximate surface area is 54.0 Å². The number of rotatable bonds is 3. The fourth-order valence-corrected chi connectivity index (χ4v) is 0.818. The van der Waals surface area contributed by atoms with Gasteiger partial charge in [-0.2, -0.15) is 0 Å². The highest BCUT2D eigenvalue weighted by molar-refractivity contribution is 4.51. The van der Waals surface area contributed by atoms with Crippen LogP contribution < -0.4 is 0 Å². The minimum atomic E-state index is -0.275. The van der Waals surface area contributed by atoms with Crippen LogP contribution in [0.5, 0.6) is 0 Å². The molecule has 1 heterocycles. The summed E-state index contributed by atoms with van der Waals surface area (Å²) in [5.74, 6) is 0. The molecular weight excluding hydrogens is 123 g/mol. The van der Waals surface area contributed by atoms with E-state index in [1.165, 1.54) is 0 Å². The molecule has 2 nitrogen and oxygen atoms in total. The van der Waals surface area contributed by atoms with Crippen molar-refractivity contribution in [3.8, 4) is 0 Å². The van der Waals surface area contributed by atoms with Crippen molar-refractivity contribution >= 4 is 0 Å². The van der Waals surface area contributed by atoms with Crippen LogP contribution in [0.15, 0.2) is 0 Å². The van der Waals surface area contributed by atoms with Crippen LogP contribution in [0.25, 0.3) is 0 Å². The minimum Gasteiger partial charge on any atom is -0.350 e. The van der Waals surface area contributed by atoms with E-state index in [9.17, 15) is 4.39 Å². The molecular formula is C6H11FO2. The molecule has 0 spiro atoms. The molecule has 9 heavy (non-hydrogen) atoms. The van der Waals surface area contributed by atoms with E-state index in [2.05, 4.69) is 0 Å². The Bertz CT molecular complexity index is 71.5. The Balaban J connectivity index is 1.98. The van der Waals surface area contributed by atoms with Gasteiger partial charge in [-0.3, -0.25) is 4.39 Å². The fraction of sp³-hybridized carbons (Fsp3) is 1.00. The third-order valence-corrected chi connectivity index (χ3v) is 1.26. The average Bonchev–Trinajstić information content (AvgIpc) is 2.34. The molecule has 0 unspecified atom stereocenters. The van der Waals surface area contributed by atoms with Gasteiger partial charge in [0.15, 0.2) is 6.29 Å². The van der Waals surface area contributed by atoms with Crippen molar-refractivity contribution in [1.29, 1.82) is 0 Å². The number of halogens is 1. The van der Waals surface area contributed by atoms with E-state index in [1.807, 2.05) is 0 Å². The van der Waals surface area contributed by atoms with E-state index in [1.54, 1.807) is 0 Å².